The summed E-state index contributed by atoms with van der Waals surface area (Å²) in [6, 6.07) is 0. The van der Waals surface area contributed by atoms with Crippen molar-refractivity contribution in [2.24, 2.45) is 22.7 Å². The summed E-state index contributed by atoms with van der Waals surface area (Å²) < 4.78 is 10.4. The zero-order valence-electron chi connectivity index (χ0n) is 17.2. The zero-order valence-corrected chi connectivity index (χ0v) is 18.7. The van der Waals surface area contributed by atoms with Crippen LogP contribution in [0.4, 0.5) is 0 Å². The Hall–Kier alpha value is -1.18. The number of hydrogen-bond donors (Lipinski definition) is 2. The van der Waals surface area contributed by atoms with E-state index >= 15 is 0 Å². The van der Waals surface area contributed by atoms with E-state index in [4.69, 9.17) is 9.47 Å². The van der Waals surface area contributed by atoms with Crippen molar-refractivity contribution in [3.05, 3.63) is 23.8 Å². The van der Waals surface area contributed by atoms with Crippen LogP contribution in [0.15, 0.2) is 23.8 Å². The molecule has 3 fully saturated rings. The minimum atomic E-state index is -0.677. The lowest BCUT2D eigenvalue weighted by molar-refractivity contribution is -0.151. The van der Waals surface area contributed by atoms with Gasteiger partial charge in [-0.15, -0.1) is 0 Å². The third kappa shape index (κ3) is 3.93. The Labute approximate surface area is 180 Å². The van der Waals surface area contributed by atoms with Gasteiger partial charge in [0.1, 0.15) is 11.9 Å². The summed E-state index contributed by atoms with van der Waals surface area (Å²) in [4.78, 5) is 23.8. The quantitative estimate of drug-likeness (QED) is 0.277. The van der Waals surface area contributed by atoms with Crippen LogP contribution in [0.1, 0.15) is 46.0 Å². The Balaban J connectivity index is 1.85. The van der Waals surface area contributed by atoms with Crippen molar-refractivity contribution in [3.8, 4) is 0 Å². The first kappa shape index (κ1) is 22.5. The first-order valence-corrected chi connectivity index (χ1v) is 11.4. The Kier molecular flexibility index (Phi) is 6.61. The number of aliphatic hydroxyl groups excluding tert-OH is 2. The molecule has 0 aromatic rings. The number of hydrogen-bond acceptors (Lipinski definition) is 6. The average Bonchev–Trinajstić information content (AvgIpc) is 3.03. The predicted octanol–water partition coefficient (Wildman–Crippen LogP) is 2.91. The van der Waals surface area contributed by atoms with Gasteiger partial charge in [-0.25, -0.2) is 4.79 Å². The molecule has 7 heteroatoms. The van der Waals surface area contributed by atoms with Crippen LogP contribution in [0.2, 0.25) is 0 Å². The number of alkyl halides is 1. The van der Waals surface area contributed by atoms with Gasteiger partial charge >= 0.3 is 11.9 Å². The van der Waals surface area contributed by atoms with Crippen LogP contribution in [0.3, 0.4) is 0 Å². The minimum Gasteiger partial charge on any atom is -0.458 e. The number of carbonyl (C=O) groups is 2. The molecule has 2 N–H and O–H groups in total. The lowest BCUT2D eigenvalue weighted by Crippen LogP contribution is -2.57. The molecule has 162 valence electrons. The number of esters is 2. The molecule has 0 unspecified atom stereocenters. The van der Waals surface area contributed by atoms with E-state index in [0.717, 1.165) is 24.8 Å². The highest BCUT2D eigenvalue weighted by Crippen LogP contribution is 2.61. The Bertz CT molecular complexity index is 718. The number of ether oxygens (including phenoxy) is 2. The first-order chi connectivity index (χ1) is 13.7. The molecule has 6 atom stereocenters. The van der Waals surface area contributed by atoms with Gasteiger partial charge in [-0.2, -0.15) is 0 Å². The van der Waals surface area contributed by atoms with E-state index in [1.165, 1.54) is 0 Å². The van der Waals surface area contributed by atoms with Crippen LogP contribution < -0.4 is 0 Å². The lowest BCUT2D eigenvalue weighted by Gasteiger charge is -2.59. The molecule has 0 aromatic heterocycles. The molecule has 2 aliphatic carbocycles. The highest BCUT2D eigenvalue weighted by molar-refractivity contribution is 9.09. The van der Waals surface area contributed by atoms with E-state index in [1.807, 2.05) is 13.0 Å². The highest BCUT2D eigenvalue weighted by Gasteiger charge is 2.57. The van der Waals surface area contributed by atoms with Crippen molar-refractivity contribution in [2.75, 3.05) is 18.5 Å². The monoisotopic (exact) mass is 470 g/mol. The third-order valence-electron chi connectivity index (χ3n) is 7.60. The smallest absolute Gasteiger partial charge is 0.337 e. The van der Waals surface area contributed by atoms with Gasteiger partial charge in [0.05, 0.1) is 18.3 Å². The van der Waals surface area contributed by atoms with Crippen LogP contribution in [0.25, 0.3) is 0 Å². The molecular weight excluding hydrogens is 440 g/mol. The van der Waals surface area contributed by atoms with Gasteiger partial charge in [0, 0.05) is 5.41 Å². The first-order valence-electron chi connectivity index (χ1n) is 10.3. The lowest BCUT2D eigenvalue weighted by atomic mass is 9.46. The van der Waals surface area contributed by atoms with Gasteiger partial charge in [0.2, 0.25) is 0 Å². The van der Waals surface area contributed by atoms with Crippen molar-refractivity contribution in [3.63, 3.8) is 0 Å². The fraction of sp³-hybridized carbons (Fsp3) is 0.727. The minimum absolute atomic E-state index is 0.0453. The van der Waals surface area contributed by atoms with Crippen LogP contribution in [0.5, 0.6) is 0 Å². The molecule has 1 aliphatic heterocycles. The van der Waals surface area contributed by atoms with Crippen molar-refractivity contribution in [1.29, 1.82) is 0 Å². The molecule has 0 radical (unpaired) electrons. The molecule has 0 amide bonds. The standard InChI is InChI=1S/C22H31BrO6/c1-13-4-7-17-21(2,9-8-18(25)22(17,3)12-24)15(13)6-5-14-16(11-28-20(14)27)29-19(26)10-23/h5,15-18,24-25H,1,4,6-12H2,2-3H3/b14-5+/t15-,16-,17+,18-,21+,22+/m1/s1. The number of halogens is 1. The van der Waals surface area contributed by atoms with Gasteiger partial charge < -0.3 is 19.7 Å². The number of allylic oxidation sites excluding steroid dienone is 2. The third-order valence-corrected chi connectivity index (χ3v) is 8.06. The highest BCUT2D eigenvalue weighted by atomic mass is 79.9. The molecule has 1 saturated heterocycles. The van der Waals surface area contributed by atoms with E-state index in [9.17, 15) is 19.8 Å². The second kappa shape index (κ2) is 8.52. The summed E-state index contributed by atoms with van der Waals surface area (Å²) >= 11 is 3.06. The number of aliphatic hydroxyl groups is 2. The second-order valence-corrected chi connectivity index (χ2v) is 9.69. The van der Waals surface area contributed by atoms with E-state index in [0.29, 0.717) is 18.4 Å². The number of cyclic esters (lactones) is 1. The maximum absolute atomic E-state index is 12.2. The molecule has 2 saturated carbocycles. The van der Waals surface area contributed by atoms with Crippen LogP contribution >= 0.6 is 15.9 Å². The maximum atomic E-state index is 12.2. The van der Waals surface area contributed by atoms with Crippen molar-refractivity contribution in [2.45, 2.75) is 58.2 Å². The molecule has 3 aliphatic rings. The largest absolute Gasteiger partial charge is 0.458 e. The molecule has 0 spiro atoms. The summed E-state index contributed by atoms with van der Waals surface area (Å²) in [5.74, 6) is -0.601. The second-order valence-electron chi connectivity index (χ2n) is 9.13. The SMILES string of the molecule is C=C1CC[C@@H]2[C@](C)(CO)[C@H](O)CC[C@@]2(C)[C@@H]1C/C=C1/C(=O)OC[C@H]1OC(=O)CBr. The fourth-order valence-electron chi connectivity index (χ4n) is 5.84. The van der Waals surface area contributed by atoms with Gasteiger partial charge in [0.25, 0.3) is 0 Å². The van der Waals surface area contributed by atoms with Gasteiger partial charge in [-0.05, 0) is 49.4 Å². The van der Waals surface area contributed by atoms with Gasteiger partial charge in [-0.3, -0.25) is 4.79 Å². The van der Waals surface area contributed by atoms with Gasteiger partial charge in [-0.1, -0.05) is 48.0 Å². The Morgan fingerprint density at radius 1 is 1.41 bits per heavy atom. The van der Waals surface area contributed by atoms with Crippen LogP contribution in [-0.4, -0.2) is 52.9 Å². The van der Waals surface area contributed by atoms with Crippen LogP contribution in [-0.2, 0) is 19.1 Å². The zero-order chi connectivity index (χ0) is 21.4. The van der Waals surface area contributed by atoms with E-state index in [2.05, 4.69) is 29.4 Å². The van der Waals surface area contributed by atoms with Crippen molar-refractivity contribution >= 4 is 27.9 Å². The van der Waals surface area contributed by atoms with E-state index in [-0.39, 0.29) is 35.8 Å². The van der Waals surface area contributed by atoms with Crippen molar-refractivity contribution < 1.29 is 29.3 Å². The van der Waals surface area contributed by atoms with Crippen LogP contribution in [0, 0.1) is 22.7 Å². The summed E-state index contributed by atoms with van der Waals surface area (Å²) in [5, 5.41) is 20.8. The molecule has 29 heavy (non-hydrogen) atoms. The summed E-state index contributed by atoms with van der Waals surface area (Å²) in [6.07, 6.45) is 4.44. The molecule has 0 bridgehead atoms. The van der Waals surface area contributed by atoms with E-state index in [1.54, 1.807) is 0 Å². The topological polar surface area (TPSA) is 93.1 Å². The molecular formula is C22H31BrO6. The number of fused-ring (bicyclic) bond motifs is 1. The molecule has 0 aromatic carbocycles. The average molecular weight is 471 g/mol. The molecule has 6 nitrogen and oxygen atoms in total. The number of rotatable bonds is 5. The normalized spacial score (nSPS) is 41.2. The fourth-order valence-corrected chi connectivity index (χ4v) is 5.97. The van der Waals surface area contributed by atoms with Gasteiger partial charge in [0.15, 0.2) is 6.10 Å². The molecule has 1 heterocycles. The predicted molar refractivity (Wildman–Crippen MR) is 111 cm³/mol. The number of carbonyl (C=O) groups excluding carboxylic acids is 2. The Morgan fingerprint density at radius 2 is 2.14 bits per heavy atom. The summed E-state index contributed by atoms with van der Waals surface area (Å²) in [6.45, 7) is 8.50. The Morgan fingerprint density at radius 3 is 2.79 bits per heavy atom. The summed E-state index contributed by atoms with van der Waals surface area (Å²) in [5.41, 5.74) is 0.851. The molecule has 3 rings (SSSR count). The van der Waals surface area contributed by atoms with E-state index < -0.39 is 29.6 Å². The van der Waals surface area contributed by atoms with Crippen molar-refractivity contribution in [1.82, 2.24) is 0 Å². The maximum Gasteiger partial charge on any atom is 0.337 e. The summed E-state index contributed by atoms with van der Waals surface area (Å²) in [7, 11) is 0.